The third kappa shape index (κ3) is 6.79. The summed E-state index contributed by atoms with van der Waals surface area (Å²) >= 11 is 1.61. The molecule has 0 atom stereocenters. The number of hydrogen-bond donors (Lipinski definition) is 1. The second kappa shape index (κ2) is 12.0. The number of aromatic nitrogens is 2. The highest BCUT2D eigenvalue weighted by atomic mass is 32.2. The van der Waals surface area contributed by atoms with Crippen molar-refractivity contribution >= 4 is 23.5 Å². The summed E-state index contributed by atoms with van der Waals surface area (Å²) in [4.78, 5) is 26.3. The van der Waals surface area contributed by atoms with Gasteiger partial charge in [-0.05, 0) is 31.8 Å². The van der Waals surface area contributed by atoms with Gasteiger partial charge in [0.25, 0.3) is 5.91 Å². The monoisotopic (exact) mass is 477 g/mol. The van der Waals surface area contributed by atoms with Crippen LogP contribution in [0.15, 0.2) is 65.8 Å². The van der Waals surface area contributed by atoms with E-state index in [0.717, 1.165) is 53.2 Å². The van der Waals surface area contributed by atoms with Crippen molar-refractivity contribution in [3.63, 3.8) is 0 Å². The van der Waals surface area contributed by atoms with Gasteiger partial charge in [-0.25, -0.2) is 9.97 Å². The predicted octanol–water partition coefficient (Wildman–Crippen LogP) is 3.56. The van der Waals surface area contributed by atoms with Crippen molar-refractivity contribution < 1.29 is 9.53 Å². The number of nitrogens with one attached hydrogen (secondary N) is 1. The molecular formula is C26H31N5O2S. The van der Waals surface area contributed by atoms with Gasteiger partial charge in [0.05, 0.1) is 18.9 Å². The average molecular weight is 478 g/mol. The van der Waals surface area contributed by atoms with E-state index in [-0.39, 0.29) is 5.91 Å². The standard InChI is InChI=1S/C26H31N5O2S/c1-30(2)13-12-27-25(32)22-10-8-20(9-11-22)19-34-26-28-23(21-6-4-3-5-7-21)18-24(29-26)31-14-16-33-17-15-31/h3-11,18H,12-17,19H2,1-2H3,(H,27,32). The quantitative estimate of drug-likeness (QED) is 0.373. The van der Waals surface area contributed by atoms with Crippen LogP contribution in [0.25, 0.3) is 11.3 Å². The summed E-state index contributed by atoms with van der Waals surface area (Å²) in [7, 11) is 3.98. The van der Waals surface area contributed by atoms with Crippen molar-refractivity contribution in [1.29, 1.82) is 0 Å². The summed E-state index contributed by atoms with van der Waals surface area (Å²) in [5.41, 5.74) is 3.79. The minimum atomic E-state index is -0.0462. The highest BCUT2D eigenvalue weighted by Gasteiger charge is 2.16. The lowest BCUT2D eigenvalue weighted by atomic mass is 10.1. The summed E-state index contributed by atoms with van der Waals surface area (Å²) < 4.78 is 5.51. The Kier molecular flexibility index (Phi) is 8.51. The number of anilines is 1. The van der Waals surface area contributed by atoms with E-state index < -0.39 is 0 Å². The topological polar surface area (TPSA) is 70.6 Å². The van der Waals surface area contributed by atoms with Gasteiger partial charge in [0.2, 0.25) is 0 Å². The van der Waals surface area contributed by atoms with Crippen molar-refractivity contribution in [2.45, 2.75) is 10.9 Å². The molecule has 0 saturated carbocycles. The van der Waals surface area contributed by atoms with Crippen molar-refractivity contribution in [3.8, 4) is 11.3 Å². The van der Waals surface area contributed by atoms with Gasteiger partial charge in [-0.2, -0.15) is 0 Å². The zero-order valence-corrected chi connectivity index (χ0v) is 20.6. The van der Waals surface area contributed by atoms with Crippen molar-refractivity contribution in [2.24, 2.45) is 0 Å². The molecule has 0 spiro atoms. The van der Waals surface area contributed by atoms with Crippen LogP contribution in [0, 0.1) is 0 Å². The average Bonchev–Trinajstić information content (AvgIpc) is 2.88. The second-order valence-electron chi connectivity index (χ2n) is 8.40. The zero-order valence-electron chi connectivity index (χ0n) is 19.7. The first kappa shape index (κ1) is 24.2. The number of hydrogen-bond acceptors (Lipinski definition) is 7. The summed E-state index contributed by atoms with van der Waals surface area (Å²) in [6.07, 6.45) is 0. The molecule has 1 aliphatic heterocycles. The number of nitrogens with zero attached hydrogens (tertiary/aromatic N) is 4. The molecule has 0 radical (unpaired) electrons. The highest BCUT2D eigenvalue weighted by molar-refractivity contribution is 7.98. The molecule has 34 heavy (non-hydrogen) atoms. The minimum Gasteiger partial charge on any atom is -0.378 e. The van der Waals surface area contributed by atoms with Crippen molar-refractivity contribution in [1.82, 2.24) is 20.2 Å². The van der Waals surface area contributed by atoms with Crippen LogP contribution >= 0.6 is 11.8 Å². The van der Waals surface area contributed by atoms with Crippen LogP contribution in [0.2, 0.25) is 0 Å². The first-order chi connectivity index (χ1) is 16.6. The van der Waals surface area contributed by atoms with Gasteiger partial charge in [0.1, 0.15) is 5.82 Å². The molecule has 4 rings (SSSR count). The Hall–Kier alpha value is -2.94. The number of benzene rings is 2. The third-order valence-electron chi connectivity index (χ3n) is 5.53. The van der Waals surface area contributed by atoms with Crippen molar-refractivity contribution in [3.05, 3.63) is 71.8 Å². The van der Waals surface area contributed by atoms with Crippen LogP contribution in [0.4, 0.5) is 5.82 Å². The van der Waals surface area contributed by atoms with Gasteiger partial charge in [-0.3, -0.25) is 4.79 Å². The second-order valence-corrected chi connectivity index (χ2v) is 9.35. The number of ether oxygens (including phenoxy) is 1. The van der Waals surface area contributed by atoms with Gasteiger partial charge in [0, 0.05) is 49.1 Å². The fraction of sp³-hybridized carbons (Fsp3) is 0.346. The van der Waals surface area contributed by atoms with E-state index >= 15 is 0 Å². The molecule has 7 nitrogen and oxygen atoms in total. The zero-order chi connectivity index (χ0) is 23.8. The number of morpholine rings is 1. The Labute approximate surface area is 205 Å². The molecular weight excluding hydrogens is 446 g/mol. The summed E-state index contributed by atoms with van der Waals surface area (Å²) in [6, 6.07) is 20.0. The molecule has 1 fully saturated rings. The first-order valence-corrected chi connectivity index (χ1v) is 12.5. The Morgan fingerprint density at radius 2 is 1.79 bits per heavy atom. The maximum Gasteiger partial charge on any atom is 0.251 e. The molecule has 1 saturated heterocycles. The normalized spacial score (nSPS) is 13.8. The predicted molar refractivity (Wildman–Crippen MR) is 137 cm³/mol. The molecule has 178 valence electrons. The maximum absolute atomic E-state index is 12.3. The van der Waals surface area contributed by atoms with Crippen molar-refractivity contribution in [2.75, 3.05) is 58.4 Å². The lowest BCUT2D eigenvalue weighted by Crippen LogP contribution is -2.36. The maximum atomic E-state index is 12.3. The number of amides is 1. The molecule has 0 bridgehead atoms. The lowest BCUT2D eigenvalue weighted by molar-refractivity contribution is 0.0951. The van der Waals surface area contributed by atoms with Crippen LogP contribution in [-0.2, 0) is 10.5 Å². The SMILES string of the molecule is CN(C)CCNC(=O)c1ccc(CSc2nc(-c3ccccc3)cc(N3CCOCC3)n2)cc1. The van der Waals surface area contributed by atoms with Crippen LogP contribution < -0.4 is 10.2 Å². The van der Waals surface area contributed by atoms with Gasteiger partial charge in [-0.1, -0.05) is 54.2 Å². The van der Waals surface area contributed by atoms with Crippen LogP contribution in [0.3, 0.4) is 0 Å². The first-order valence-electron chi connectivity index (χ1n) is 11.5. The molecule has 1 N–H and O–H groups in total. The van der Waals surface area contributed by atoms with E-state index in [4.69, 9.17) is 14.7 Å². The Morgan fingerprint density at radius 3 is 2.50 bits per heavy atom. The molecule has 0 unspecified atom stereocenters. The fourth-order valence-corrected chi connectivity index (χ4v) is 4.39. The third-order valence-corrected chi connectivity index (χ3v) is 6.44. The summed E-state index contributed by atoms with van der Waals surface area (Å²) in [6.45, 7) is 4.52. The molecule has 1 aromatic heterocycles. The van der Waals surface area contributed by atoms with Crippen LogP contribution in [0.1, 0.15) is 15.9 Å². The Balaban J connectivity index is 1.45. The molecule has 1 amide bonds. The fourth-order valence-electron chi connectivity index (χ4n) is 3.58. The number of thioether (sulfide) groups is 1. The van der Waals surface area contributed by atoms with Crippen LogP contribution in [0.5, 0.6) is 0 Å². The molecule has 3 aromatic rings. The highest BCUT2D eigenvalue weighted by Crippen LogP contribution is 2.28. The molecule has 1 aliphatic rings. The van der Waals surface area contributed by atoms with E-state index in [1.807, 2.05) is 61.5 Å². The van der Waals surface area contributed by atoms with E-state index in [9.17, 15) is 4.79 Å². The number of carbonyl (C=O) groups excluding carboxylic acids is 1. The van der Waals surface area contributed by atoms with E-state index in [1.54, 1.807) is 11.8 Å². The molecule has 0 aliphatic carbocycles. The number of likely N-dealkylation sites (N-methyl/N-ethyl adjacent to an activating group) is 1. The van der Waals surface area contributed by atoms with Gasteiger partial charge in [-0.15, -0.1) is 0 Å². The Morgan fingerprint density at radius 1 is 1.06 bits per heavy atom. The van der Waals surface area contributed by atoms with Gasteiger partial charge >= 0.3 is 0 Å². The lowest BCUT2D eigenvalue weighted by Gasteiger charge is -2.28. The van der Waals surface area contributed by atoms with Gasteiger partial charge in [0.15, 0.2) is 5.16 Å². The van der Waals surface area contributed by atoms with E-state index in [0.29, 0.717) is 25.3 Å². The number of carbonyl (C=O) groups is 1. The Bertz CT molecular complexity index is 1070. The summed E-state index contributed by atoms with van der Waals surface area (Å²) in [5, 5.41) is 3.69. The molecule has 2 aromatic carbocycles. The molecule has 2 heterocycles. The minimum absolute atomic E-state index is 0.0462. The largest absolute Gasteiger partial charge is 0.378 e. The smallest absolute Gasteiger partial charge is 0.251 e. The van der Waals surface area contributed by atoms with Gasteiger partial charge < -0.3 is 19.9 Å². The molecule has 8 heteroatoms. The number of rotatable bonds is 9. The van der Waals surface area contributed by atoms with E-state index in [1.165, 1.54) is 0 Å². The van der Waals surface area contributed by atoms with E-state index in [2.05, 4.69) is 28.4 Å². The van der Waals surface area contributed by atoms with Crippen LogP contribution in [-0.4, -0.2) is 74.3 Å². The summed E-state index contributed by atoms with van der Waals surface area (Å²) in [5.74, 6) is 1.61.